The van der Waals surface area contributed by atoms with Crippen LogP contribution in [-0.2, 0) is 6.54 Å². The smallest absolute Gasteiger partial charge is 0.191 e. The Labute approximate surface area is 87.9 Å². The van der Waals surface area contributed by atoms with Gasteiger partial charge in [-0.2, -0.15) is 4.57 Å². The summed E-state index contributed by atoms with van der Waals surface area (Å²) in [6.45, 7) is -1.40. The maximum Gasteiger partial charge on any atom is 0.213 e. The molecule has 1 aliphatic heterocycles. The number of hydrogen-bond donors (Lipinski definition) is 0. The molecule has 0 atom stereocenters. The minimum absolute atomic E-state index is 0.409. The van der Waals surface area contributed by atoms with E-state index in [4.69, 9.17) is 4.11 Å². The van der Waals surface area contributed by atoms with Gasteiger partial charge in [-0.05, 0) is 12.1 Å². The molecule has 0 unspecified atom stereocenters. The summed E-state index contributed by atoms with van der Waals surface area (Å²) in [6, 6.07) is 13.5. The Morgan fingerprint density at radius 2 is 2.07 bits per heavy atom. The second-order valence-electron chi connectivity index (χ2n) is 3.54. The molecule has 0 bridgehead atoms. The van der Waals surface area contributed by atoms with Gasteiger partial charge in [-0.3, -0.25) is 0 Å². The minimum Gasteiger partial charge on any atom is -0.191 e. The fraction of sp³-hybridized carbons (Fsp3) is 0.154. The first-order valence-electron chi connectivity index (χ1n) is 6.19. The van der Waals surface area contributed by atoms with Gasteiger partial charge in [-0.1, -0.05) is 18.2 Å². The molecule has 1 nitrogen and oxygen atoms in total. The zero-order valence-corrected chi connectivity index (χ0v) is 7.70. The van der Waals surface area contributed by atoms with Gasteiger partial charge in [0, 0.05) is 28.7 Å². The van der Waals surface area contributed by atoms with Gasteiger partial charge in [0.05, 0.1) is 5.56 Å². The standard InChI is InChI=1S/C13H12N/c1-10-5-4-8-13-12-7-3-2-6-11(12)9-14(10)13/h2-8H,9H2,1H3/q+1/i1D3. The largest absolute Gasteiger partial charge is 0.213 e. The maximum absolute atomic E-state index is 7.56. The molecule has 0 spiro atoms. The van der Waals surface area contributed by atoms with Gasteiger partial charge < -0.3 is 0 Å². The molecule has 2 aromatic rings. The molecule has 68 valence electrons. The Kier molecular flexibility index (Phi) is 1.01. The SMILES string of the molecule is [2H]C([2H])([2H])c1cccc2[n+]1Cc1ccccc1-2. The third-order valence-corrected chi connectivity index (χ3v) is 2.71. The van der Waals surface area contributed by atoms with Crippen LogP contribution in [0.25, 0.3) is 11.3 Å². The molecule has 0 aliphatic carbocycles. The number of fused-ring (bicyclic) bond motifs is 3. The second-order valence-corrected chi connectivity index (χ2v) is 3.54. The predicted octanol–water partition coefficient (Wildman–Crippen LogP) is 2.31. The van der Waals surface area contributed by atoms with Crippen molar-refractivity contribution >= 4 is 0 Å². The number of hydrogen-bond acceptors (Lipinski definition) is 0. The van der Waals surface area contributed by atoms with E-state index in [-0.39, 0.29) is 0 Å². The molecule has 0 amide bonds. The highest BCUT2D eigenvalue weighted by molar-refractivity contribution is 5.62. The van der Waals surface area contributed by atoms with Crippen LogP contribution in [0.5, 0.6) is 0 Å². The Balaban J connectivity index is 2.24. The van der Waals surface area contributed by atoms with Crippen molar-refractivity contribution in [3.8, 4) is 11.3 Å². The van der Waals surface area contributed by atoms with Crippen molar-refractivity contribution in [2.75, 3.05) is 0 Å². The normalized spacial score (nSPS) is 16.4. The van der Waals surface area contributed by atoms with E-state index in [2.05, 4.69) is 0 Å². The molecular formula is C13H12N+. The summed E-state index contributed by atoms with van der Waals surface area (Å²) in [6.07, 6.45) is 0. The first-order valence-corrected chi connectivity index (χ1v) is 4.69. The molecule has 2 heterocycles. The molecule has 0 radical (unpaired) electrons. The van der Waals surface area contributed by atoms with Gasteiger partial charge in [-0.25, -0.2) is 0 Å². The maximum atomic E-state index is 7.56. The van der Waals surface area contributed by atoms with E-state index in [9.17, 15) is 0 Å². The van der Waals surface area contributed by atoms with Crippen molar-refractivity contribution in [3.05, 3.63) is 53.7 Å². The lowest BCUT2D eigenvalue weighted by molar-refractivity contribution is -0.678. The molecule has 1 aromatic carbocycles. The van der Waals surface area contributed by atoms with Crippen LogP contribution in [-0.4, -0.2) is 0 Å². The van der Waals surface area contributed by atoms with Gasteiger partial charge >= 0.3 is 0 Å². The monoisotopic (exact) mass is 185 g/mol. The third kappa shape index (κ3) is 0.925. The Morgan fingerprint density at radius 1 is 1.14 bits per heavy atom. The summed E-state index contributed by atoms with van der Waals surface area (Å²) < 4.78 is 24.6. The van der Waals surface area contributed by atoms with Crippen molar-refractivity contribution in [3.63, 3.8) is 0 Å². The molecule has 0 saturated carbocycles. The summed E-state index contributed by atoms with van der Waals surface area (Å²) in [5.41, 5.74) is 3.73. The molecule has 1 aromatic heterocycles. The van der Waals surface area contributed by atoms with Crippen molar-refractivity contribution in [2.24, 2.45) is 0 Å². The van der Waals surface area contributed by atoms with E-state index >= 15 is 0 Å². The van der Waals surface area contributed by atoms with Crippen LogP contribution in [0, 0.1) is 6.85 Å². The topological polar surface area (TPSA) is 3.88 Å². The fourth-order valence-corrected chi connectivity index (χ4v) is 2.02. The highest BCUT2D eigenvalue weighted by atomic mass is 15.0. The number of rotatable bonds is 0. The van der Waals surface area contributed by atoms with Gasteiger partial charge in [0.15, 0.2) is 12.2 Å². The first kappa shape index (κ1) is 5.30. The number of nitrogens with zero attached hydrogens (tertiary/aromatic N) is 1. The molecular weight excluding hydrogens is 170 g/mol. The minimum atomic E-state index is -2.06. The van der Waals surface area contributed by atoms with Gasteiger partial charge in [0.25, 0.3) is 0 Å². The van der Waals surface area contributed by atoms with Gasteiger partial charge in [0.1, 0.15) is 0 Å². The lowest BCUT2D eigenvalue weighted by Gasteiger charge is -1.95. The average Bonchev–Trinajstić information content (AvgIpc) is 2.65. The van der Waals surface area contributed by atoms with E-state index in [1.54, 1.807) is 6.07 Å². The van der Waals surface area contributed by atoms with Crippen LogP contribution in [0.4, 0.5) is 0 Å². The lowest BCUT2D eigenvalue weighted by atomic mass is 10.1. The molecule has 3 rings (SSSR count). The average molecular weight is 185 g/mol. The van der Waals surface area contributed by atoms with Crippen molar-refractivity contribution in [1.82, 2.24) is 0 Å². The van der Waals surface area contributed by atoms with E-state index in [0.717, 1.165) is 11.3 Å². The Hall–Kier alpha value is -1.63. The second kappa shape index (κ2) is 2.68. The molecule has 0 saturated heterocycles. The Morgan fingerprint density at radius 3 is 3.00 bits per heavy atom. The molecule has 1 aliphatic rings. The summed E-state index contributed by atoms with van der Waals surface area (Å²) >= 11 is 0. The van der Waals surface area contributed by atoms with Gasteiger partial charge in [-0.15, -0.1) is 0 Å². The van der Waals surface area contributed by atoms with E-state index in [1.807, 2.05) is 41.0 Å². The summed E-state index contributed by atoms with van der Waals surface area (Å²) in [5, 5.41) is 0. The summed E-state index contributed by atoms with van der Waals surface area (Å²) in [7, 11) is 0. The molecule has 0 fully saturated rings. The molecule has 0 N–H and O–H groups in total. The van der Waals surface area contributed by atoms with Crippen LogP contribution in [0.15, 0.2) is 42.5 Å². The third-order valence-electron chi connectivity index (χ3n) is 2.71. The van der Waals surface area contributed by atoms with Crippen LogP contribution in [0.3, 0.4) is 0 Å². The molecule has 1 heteroatoms. The predicted molar refractivity (Wildman–Crippen MR) is 55.9 cm³/mol. The van der Waals surface area contributed by atoms with E-state index in [0.29, 0.717) is 12.2 Å². The highest BCUT2D eigenvalue weighted by Crippen LogP contribution is 2.25. The first-order chi connectivity index (χ1) is 8.07. The van der Waals surface area contributed by atoms with Crippen LogP contribution in [0.2, 0.25) is 0 Å². The quantitative estimate of drug-likeness (QED) is 0.473. The lowest BCUT2D eigenvalue weighted by Crippen LogP contribution is -2.35. The van der Waals surface area contributed by atoms with E-state index < -0.39 is 6.85 Å². The highest BCUT2D eigenvalue weighted by Gasteiger charge is 2.26. The number of benzene rings is 1. The number of aryl methyl sites for hydroxylation is 1. The van der Waals surface area contributed by atoms with Crippen LogP contribution >= 0.6 is 0 Å². The van der Waals surface area contributed by atoms with Crippen molar-refractivity contribution in [1.29, 1.82) is 0 Å². The van der Waals surface area contributed by atoms with Gasteiger partial charge in [0.2, 0.25) is 5.69 Å². The summed E-state index contributed by atoms with van der Waals surface area (Å²) in [4.78, 5) is 0. The number of aromatic nitrogens is 1. The zero-order valence-electron chi connectivity index (χ0n) is 10.7. The van der Waals surface area contributed by atoms with Crippen molar-refractivity contribution < 1.29 is 8.68 Å². The Bertz CT molecular complexity index is 587. The van der Waals surface area contributed by atoms with Crippen LogP contribution < -0.4 is 4.57 Å². The van der Waals surface area contributed by atoms with Crippen LogP contribution in [0.1, 0.15) is 15.4 Å². The number of pyridine rings is 1. The zero-order chi connectivity index (χ0) is 12.0. The van der Waals surface area contributed by atoms with E-state index in [1.165, 1.54) is 5.56 Å². The molecule has 14 heavy (non-hydrogen) atoms. The van der Waals surface area contributed by atoms with Crippen molar-refractivity contribution in [2.45, 2.75) is 13.4 Å². The fourth-order valence-electron chi connectivity index (χ4n) is 2.02. The summed E-state index contributed by atoms with van der Waals surface area (Å²) in [5.74, 6) is 0.